The molecule has 6 nitrogen and oxygen atoms in total. The highest BCUT2D eigenvalue weighted by atomic mass is 32.2. The van der Waals surface area contributed by atoms with E-state index in [4.69, 9.17) is 4.74 Å². The summed E-state index contributed by atoms with van der Waals surface area (Å²) in [5.74, 6) is 0.522. The summed E-state index contributed by atoms with van der Waals surface area (Å²) in [5.41, 5.74) is 0.528. The largest absolute Gasteiger partial charge is 0.383 e. The van der Waals surface area contributed by atoms with Crippen molar-refractivity contribution >= 4 is 28.6 Å². The van der Waals surface area contributed by atoms with Crippen molar-refractivity contribution in [1.29, 1.82) is 0 Å². The van der Waals surface area contributed by atoms with E-state index < -0.39 is 0 Å². The van der Waals surface area contributed by atoms with Crippen molar-refractivity contribution in [1.82, 2.24) is 14.9 Å². The van der Waals surface area contributed by atoms with Gasteiger partial charge in [0, 0.05) is 13.2 Å². The highest BCUT2D eigenvalue weighted by Gasteiger charge is 2.15. The van der Waals surface area contributed by atoms with Crippen LogP contribution in [-0.2, 0) is 16.1 Å². The Kier molecular flexibility index (Phi) is 7.01. The van der Waals surface area contributed by atoms with Crippen molar-refractivity contribution in [3.63, 3.8) is 0 Å². The number of aromatic nitrogens is 2. The maximum atomic E-state index is 12.7. The number of benzene rings is 1. The Hall–Kier alpha value is -1.86. The first kappa shape index (κ1) is 19.5. The van der Waals surface area contributed by atoms with Crippen LogP contribution in [0, 0.1) is 5.92 Å². The molecular weight excluding hydrogens is 338 g/mol. The third-order valence-corrected chi connectivity index (χ3v) is 5.04. The number of fused-ring (bicyclic) bond motifs is 1. The zero-order chi connectivity index (χ0) is 18.4. The predicted octanol–water partition coefficient (Wildman–Crippen LogP) is 2.30. The van der Waals surface area contributed by atoms with Gasteiger partial charge in [0.25, 0.3) is 5.56 Å². The molecule has 0 radical (unpaired) electrons. The van der Waals surface area contributed by atoms with Crippen LogP contribution in [0.15, 0.2) is 34.2 Å². The molecule has 1 aromatic heterocycles. The summed E-state index contributed by atoms with van der Waals surface area (Å²) in [6.45, 7) is 6.91. The zero-order valence-electron chi connectivity index (χ0n) is 15.1. The van der Waals surface area contributed by atoms with Gasteiger partial charge < -0.3 is 10.1 Å². The van der Waals surface area contributed by atoms with Gasteiger partial charge in [-0.3, -0.25) is 14.2 Å². The molecule has 1 heterocycles. The average Bonchev–Trinajstić information content (AvgIpc) is 2.59. The number of carbonyl (C=O) groups excluding carboxylic acids is 1. The first-order valence-corrected chi connectivity index (χ1v) is 9.33. The van der Waals surface area contributed by atoms with Crippen molar-refractivity contribution in [3.8, 4) is 0 Å². The van der Waals surface area contributed by atoms with Gasteiger partial charge in [-0.15, -0.1) is 0 Å². The van der Waals surface area contributed by atoms with E-state index in [1.165, 1.54) is 11.8 Å². The van der Waals surface area contributed by atoms with E-state index in [0.717, 1.165) is 0 Å². The topological polar surface area (TPSA) is 73.2 Å². The Balaban J connectivity index is 2.23. The predicted molar refractivity (Wildman–Crippen MR) is 101 cm³/mol. The van der Waals surface area contributed by atoms with Gasteiger partial charge in [0.1, 0.15) is 0 Å². The lowest BCUT2D eigenvalue weighted by atomic mass is 10.1. The number of amides is 1. The molecule has 136 valence electrons. The van der Waals surface area contributed by atoms with Gasteiger partial charge in [-0.1, -0.05) is 37.7 Å². The summed E-state index contributed by atoms with van der Waals surface area (Å²) in [6, 6.07) is 7.34. The molecule has 0 bridgehead atoms. The molecular formula is C18H25N3O3S. The number of nitrogens with zero attached hydrogens (tertiary/aromatic N) is 2. The molecule has 1 aromatic carbocycles. The standard InChI is InChI=1S/C18H25N3O3S/c1-12(2)13(3)19-16(22)11-25-18-20-15-8-6-5-7-14(15)17(23)21(18)9-10-24-4/h5-8,12-13H,9-11H2,1-4H3,(H,19,22)/t13-/m1/s1. The minimum Gasteiger partial charge on any atom is -0.383 e. The average molecular weight is 363 g/mol. The van der Waals surface area contributed by atoms with Crippen LogP contribution in [0.1, 0.15) is 20.8 Å². The fourth-order valence-electron chi connectivity index (χ4n) is 2.23. The molecule has 2 rings (SSSR count). The molecule has 0 saturated carbocycles. The summed E-state index contributed by atoms with van der Waals surface area (Å²) in [6.07, 6.45) is 0. The van der Waals surface area contributed by atoms with Gasteiger partial charge in [0.15, 0.2) is 5.16 Å². The maximum Gasteiger partial charge on any atom is 0.262 e. The number of thioether (sulfide) groups is 1. The number of para-hydroxylation sites is 1. The molecule has 1 atom stereocenters. The van der Waals surface area contributed by atoms with Gasteiger partial charge in [-0.2, -0.15) is 0 Å². The SMILES string of the molecule is COCCn1c(SCC(=O)N[C@H](C)C(C)C)nc2ccccc2c1=O. The Labute approximate surface area is 152 Å². The van der Waals surface area contributed by atoms with Crippen LogP contribution in [0.2, 0.25) is 0 Å². The maximum absolute atomic E-state index is 12.7. The van der Waals surface area contributed by atoms with Crippen molar-refractivity contribution in [2.75, 3.05) is 19.5 Å². The summed E-state index contributed by atoms with van der Waals surface area (Å²) >= 11 is 1.27. The second-order valence-corrected chi connectivity index (χ2v) is 7.19. The monoisotopic (exact) mass is 363 g/mol. The third kappa shape index (κ3) is 5.06. The lowest BCUT2D eigenvalue weighted by molar-refractivity contribution is -0.119. The molecule has 0 unspecified atom stereocenters. The summed E-state index contributed by atoms with van der Waals surface area (Å²) < 4.78 is 6.68. The van der Waals surface area contributed by atoms with Gasteiger partial charge >= 0.3 is 0 Å². The Bertz CT molecular complexity index is 789. The fourth-order valence-corrected chi connectivity index (χ4v) is 3.07. The summed E-state index contributed by atoms with van der Waals surface area (Å²) in [4.78, 5) is 29.4. The van der Waals surface area contributed by atoms with Crippen LogP contribution in [0.25, 0.3) is 10.9 Å². The Morgan fingerprint density at radius 2 is 2.04 bits per heavy atom. The van der Waals surface area contributed by atoms with Crippen molar-refractivity contribution in [3.05, 3.63) is 34.6 Å². The van der Waals surface area contributed by atoms with Gasteiger partial charge in [-0.05, 0) is 25.0 Å². The van der Waals surface area contributed by atoms with E-state index in [1.807, 2.05) is 25.1 Å². The molecule has 0 aliphatic heterocycles. The molecule has 2 aromatic rings. The fraction of sp³-hybridized carbons (Fsp3) is 0.500. The van der Waals surface area contributed by atoms with Crippen molar-refractivity contribution in [2.45, 2.75) is 38.5 Å². The summed E-state index contributed by atoms with van der Waals surface area (Å²) in [5, 5.41) is 4.07. The van der Waals surface area contributed by atoms with E-state index >= 15 is 0 Å². The van der Waals surface area contributed by atoms with E-state index in [9.17, 15) is 9.59 Å². The second-order valence-electron chi connectivity index (χ2n) is 6.25. The van der Waals surface area contributed by atoms with Crippen LogP contribution in [0.5, 0.6) is 0 Å². The van der Waals surface area contributed by atoms with Crippen molar-refractivity contribution < 1.29 is 9.53 Å². The smallest absolute Gasteiger partial charge is 0.262 e. The highest BCUT2D eigenvalue weighted by Crippen LogP contribution is 2.17. The number of nitrogens with one attached hydrogen (secondary N) is 1. The number of carbonyl (C=O) groups is 1. The Morgan fingerprint density at radius 1 is 1.32 bits per heavy atom. The Morgan fingerprint density at radius 3 is 2.72 bits per heavy atom. The summed E-state index contributed by atoms with van der Waals surface area (Å²) in [7, 11) is 1.59. The van der Waals surface area contributed by atoms with Gasteiger partial charge in [0.2, 0.25) is 5.91 Å². The molecule has 0 fully saturated rings. The first-order valence-electron chi connectivity index (χ1n) is 8.34. The number of hydrogen-bond donors (Lipinski definition) is 1. The highest BCUT2D eigenvalue weighted by molar-refractivity contribution is 7.99. The normalized spacial score (nSPS) is 12.5. The van der Waals surface area contributed by atoms with Crippen LogP contribution < -0.4 is 10.9 Å². The molecule has 0 aliphatic rings. The van der Waals surface area contributed by atoms with E-state index in [1.54, 1.807) is 17.7 Å². The lowest BCUT2D eigenvalue weighted by Gasteiger charge is -2.17. The van der Waals surface area contributed by atoms with Crippen LogP contribution >= 0.6 is 11.8 Å². The number of rotatable bonds is 8. The molecule has 1 amide bonds. The van der Waals surface area contributed by atoms with Crippen LogP contribution in [-0.4, -0.2) is 41.0 Å². The molecule has 0 aliphatic carbocycles. The number of hydrogen-bond acceptors (Lipinski definition) is 5. The van der Waals surface area contributed by atoms with Crippen LogP contribution in [0.4, 0.5) is 0 Å². The minimum atomic E-state index is -0.110. The van der Waals surface area contributed by atoms with Gasteiger partial charge in [0.05, 0.1) is 29.8 Å². The first-order chi connectivity index (χ1) is 11.9. The third-order valence-electron chi connectivity index (χ3n) is 4.07. The molecule has 7 heteroatoms. The van der Waals surface area contributed by atoms with E-state index in [-0.39, 0.29) is 23.3 Å². The minimum absolute atomic E-state index is 0.0631. The van der Waals surface area contributed by atoms with E-state index in [2.05, 4.69) is 24.1 Å². The lowest BCUT2D eigenvalue weighted by Crippen LogP contribution is -2.37. The molecule has 0 saturated heterocycles. The number of methoxy groups -OCH3 is 1. The molecule has 0 spiro atoms. The molecule has 1 N–H and O–H groups in total. The quantitative estimate of drug-likeness (QED) is 0.575. The van der Waals surface area contributed by atoms with E-state index in [0.29, 0.717) is 35.1 Å². The van der Waals surface area contributed by atoms with Crippen molar-refractivity contribution in [2.24, 2.45) is 5.92 Å². The van der Waals surface area contributed by atoms with Gasteiger partial charge in [-0.25, -0.2) is 4.98 Å². The van der Waals surface area contributed by atoms with Crippen LogP contribution in [0.3, 0.4) is 0 Å². The zero-order valence-corrected chi connectivity index (χ0v) is 15.9. The number of ether oxygens (including phenoxy) is 1. The molecule has 25 heavy (non-hydrogen) atoms. The second kappa shape index (κ2) is 9.01.